The van der Waals surface area contributed by atoms with Gasteiger partial charge in [-0.15, -0.1) is 0 Å². The summed E-state index contributed by atoms with van der Waals surface area (Å²) in [5.74, 6) is -1.44. The summed E-state index contributed by atoms with van der Waals surface area (Å²) in [6, 6.07) is 15.4. The normalized spacial score (nSPS) is 21.2. The van der Waals surface area contributed by atoms with E-state index in [4.69, 9.17) is 14.2 Å². The van der Waals surface area contributed by atoms with Crippen molar-refractivity contribution in [3.8, 4) is 0 Å². The predicted octanol–water partition coefficient (Wildman–Crippen LogP) is 6.74. The minimum atomic E-state index is -0.728. The number of carbonyl (C=O) groups excluding carboxylic acids is 4. The molecule has 0 bridgehead atoms. The monoisotopic (exact) mass is 706 g/mol. The average Bonchev–Trinajstić information content (AvgIpc) is 3.75. The van der Waals surface area contributed by atoms with E-state index in [-0.39, 0.29) is 36.2 Å². The fraction of sp³-hybridized carbons (Fsp3) is 0.538. The summed E-state index contributed by atoms with van der Waals surface area (Å²) in [5.41, 5.74) is 1.88. The van der Waals surface area contributed by atoms with Crippen molar-refractivity contribution in [3.63, 3.8) is 0 Å². The lowest BCUT2D eigenvalue weighted by atomic mass is 9.78. The Morgan fingerprint density at radius 2 is 1.73 bits per heavy atom. The first-order valence-electron chi connectivity index (χ1n) is 18.1. The first-order chi connectivity index (χ1) is 24.5. The number of fused-ring (bicyclic) bond motifs is 1. The van der Waals surface area contributed by atoms with Gasteiger partial charge in [0.05, 0.1) is 12.6 Å². The number of aromatic amines is 1. The minimum Gasteiger partial charge on any atom is -0.461 e. The lowest BCUT2D eigenvalue weighted by Crippen LogP contribution is -2.49. The number of rotatable bonds is 13. The molecule has 3 atom stereocenters. The van der Waals surface area contributed by atoms with Crippen LogP contribution in [0.1, 0.15) is 88.2 Å². The van der Waals surface area contributed by atoms with E-state index in [0.717, 1.165) is 16.5 Å². The number of hydrogen-bond donors (Lipinski definition) is 3. The Bertz CT molecular complexity index is 1650. The van der Waals surface area contributed by atoms with Gasteiger partial charge in [-0.2, -0.15) is 0 Å². The SMILES string of the molecule is CCOCCCOC(=O)c1cc2cc(NC(=O)[C@H]3[C@@H](c4ccccc4)CCN3C(=O)C3CCC([C@@H](CF)NC(=O)OC(C)(C)C)CC3)ccc2[nH]1. The van der Waals surface area contributed by atoms with Gasteiger partial charge < -0.3 is 34.7 Å². The van der Waals surface area contributed by atoms with Gasteiger partial charge in [0.15, 0.2) is 0 Å². The third-order valence-corrected chi connectivity index (χ3v) is 9.71. The van der Waals surface area contributed by atoms with Crippen molar-refractivity contribution >= 4 is 40.5 Å². The molecule has 3 aromatic rings. The summed E-state index contributed by atoms with van der Waals surface area (Å²) in [5, 5.41) is 6.46. The first kappa shape index (κ1) is 37.8. The van der Waals surface area contributed by atoms with Crippen LogP contribution in [-0.4, -0.2) is 84.5 Å². The molecule has 0 unspecified atom stereocenters. The number of alkyl halides is 1. The van der Waals surface area contributed by atoms with Gasteiger partial charge in [0.2, 0.25) is 11.8 Å². The van der Waals surface area contributed by atoms with Gasteiger partial charge in [-0.1, -0.05) is 30.3 Å². The molecule has 1 aliphatic carbocycles. The highest BCUT2D eigenvalue weighted by atomic mass is 19.1. The molecule has 1 saturated heterocycles. The van der Waals surface area contributed by atoms with Crippen LogP contribution < -0.4 is 10.6 Å². The quantitative estimate of drug-likeness (QED) is 0.132. The number of H-pyrrole nitrogens is 1. The zero-order valence-corrected chi connectivity index (χ0v) is 30.0. The zero-order valence-electron chi connectivity index (χ0n) is 30.0. The van der Waals surface area contributed by atoms with Gasteiger partial charge in [0, 0.05) is 54.6 Å². The van der Waals surface area contributed by atoms with Crippen LogP contribution in [0.15, 0.2) is 54.6 Å². The highest BCUT2D eigenvalue weighted by Gasteiger charge is 2.45. The van der Waals surface area contributed by atoms with Crippen LogP contribution in [0.4, 0.5) is 14.9 Å². The van der Waals surface area contributed by atoms with Crippen molar-refractivity contribution in [2.45, 2.75) is 89.8 Å². The number of amides is 3. The van der Waals surface area contributed by atoms with Crippen molar-refractivity contribution in [1.82, 2.24) is 15.2 Å². The van der Waals surface area contributed by atoms with Crippen LogP contribution in [-0.2, 0) is 23.8 Å². The lowest BCUT2D eigenvalue weighted by Gasteiger charge is -2.36. The van der Waals surface area contributed by atoms with Crippen molar-refractivity contribution in [3.05, 3.63) is 65.9 Å². The molecule has 1 aromatic heterocycles. The highest BCUT2D eigenvalue weighted by Crippen LogP contribution is 2.39. The van der Waals surface area contributed by atoms with E-state index >= 15 is 0 Å². The number of carbonyl (C=O) groups is 4. The number of aromatic nitrogens is 1. The van der Waals surface area contributed by atoms with Gasteiger partial charge in [-0.25, -0.2) is 14.0 Å². The number of halogens is 1. The van der Waals surface area contributed by atoms with E-state index in [1.165, 1.54) is 0 Å². The average molecular weight is 707 g/mol. The standard InChI is InChI=1S/C39H51FN4O7/c1-5-49-20-9-21-50-37(47)32-23-28-22-29(16-17-31(28)42-32)41-35(45)34-30(25-10-7-6-8-11-25)18-19-44(34)36(46)27-14-12-26(13-15-27)33(24-40)43-38(48)51-39(2,3)4/h6-8,10-11,16-17,22-23,26-27,30,33-34,42H,5,9,12-15,18-21,24H2,1-4H3,(H,41,45)(H,43,48)/t26?,27?,30-,33-,34-/m1/s1. The molecule has 276 valence electrons. The molecule has 2 fully saturated rings. The van der Waals surface area contributed by atoms with E-state index in [9.17, 15) is 23.6 Å². The number of ether oxygens (including phenoxy) is 3. The third kappa shape index (κ3) is 9.87. The Labute approximate surface area is 299 Å². The molecule has 51 heavy (non-hydrogen) atoms. The molecule has 1 aliphatic heterocycles. The number of anilines is 1. The summed E-state index contributed by atoms with van der Waals surface area (Å²) in [7, 11) is 0. The van der Waals surface area contributed by atoms with Gasteiger partial charge in [0.25, 0.3) is 0 Å². The second kappa shape index (κ2) is 17.2. The van der Waals surface area contributed by atoms with E-state index in [2.05, 4.69) is 15.6 Å². The maximum atomic E-state index is 14.1. The molecule has 12 heteroatoms. The molecule has 3 amide bonds. The lowest BCUT2D eigenvalue weighted by molar-refractivity contribution is -0.141. The molecule has 2 aliphatic rings. The molecule has 5 rings (SSSR count). The number of hydrogen-bond acceptors (Lipinski definition) is 7. The number of esters is 1. The number of nitrogens with one attached hydrogen (secondary N) is 3. The number of benzene rings is 2. The smallest absolute Gasteiger partial charge is 0.407 e. The molecule has 1 saturated carbocycles. The topological polar surface area (TPSA) is 139 Å². The molecular weight excluding hydrogens is 655 g/mol. The molecular formula is C39H51FN4O7. The van der Waals surface area contributed by atoms with E-state index in [1.807, 2.05) is 37.3 Å². The van der Waals surface area contributed by atoms with Gasteiger partial charge in [0.1, 0.15) is 24.0 Å². The Kier molecular flexibility index (Phi) is 12.7. The van der Waals surface area contributed by atoms with Crippen LogP contribution in [0.2, 0.25) is 0 Å². The summed E-state index contributed by atoms with van der Waals surface area (Å²) < 4.78 is 30.0. The van der Waals surface area contributed by atoms with Crippen LogP contribution in [0, 0.1) is 11.8 Å². The Balaban J connectivity index is 1.25. The summed E-state index contributed by atoms with van der Waals surface area (Å²) in [6.07, 6.45) is 2.83. The van der Waals surface area contributed by atoms with E-state index in [0.29, 0.717) is 69.7 Å². The summed E-state index contributed by atoms with van der Waals surface area (Å²) in [6.45, 7) is 8.28. The molecule has 2 heterocycles. The van der Waals surface area contributed by atoms with Crippen LogP contribution >= 0.6 is 0 Å². The molecule has 11 nitrogen and oxygen atoms in total. The molecule has 3 N–H and O–H groups in total. The second-order valence-corrected chi connectivity index (χ2v) is 14.5. The van der Waals surface area contributed by atoms with Crippen LogP contribution in [0.5, 0.6) is 0 Å². The molecule has 2 aromatic carbocycles. The summed E-state index contributed by atoms with van der Waals surface area (Å²) >= 11 is 0. The number of nitrogens with zero attached hydrogens (tertiary/aromatic N) is 1. The fourth-order valence-corrected chi connectivity index (χ4v) is 7.24. The van der Waals surface area contributed by atoms with Crippen molar-refractivity contribution in [2.24, 2.45) is 11.8 Å². The maximum Gasteiger partial charge on any atom is 0.407 e. The van der Waals surface area contributed by atoms with Gasteiger partial charge >= 0.3 is 12.1 Å². The maximum absolute atomic E-state index is 14.1. The van der Waals surface area contributed by atoms with Crippen LogP contribution in [0.3, 0.4) is 0 Å². The van der Waals surface area contributed by atoms with Crippen molar-refractivity contribution in [1.29, 1.82) is 0 Å². The van der Waals surface area contributed by atoms with Crippen LogP contribution in [0.25, 0.3) is 10.9 Å². The van der Waals surface area contributed by atoms with E-state index < -0.39 is 36.4 Å². The fourth-order valence-electron chi connectivity index (χ4n) is 7.24. The van der Waals surface area contributed by atoms with Crippen molar-refractivity contribution in [2.75, 3.05) is 38.4 Å². The Morgan fingerprint density at radius 1 is 0.980 bits per heavy atom. The number of likely N-dealkylation sites (tertiary alicyclic amines) is 1. The second-order valence-electron chi connectivity index (χ2n) is 14.5. The summed E-state index contributed by atoms with van der Waals surface area (Å²) in [4.78, 5) is 58.0. The van der Waals surface area contributed by atoms with Crippen molar-refractivity contribution < 1.29 is 37.8 Å². The highest BCUT2D eigenvalue weighted by molar-refractivity contribution is 6.01. The molecule has 0 radical (unpaired) electrons. The van der Waals surface area contributed by atoms with Gasteiger partial charge in [-0.3, -0.25) is 9.59 Å². The van der Waals surface area contributed by atoms with E-state index in [1.54, 1.807) is 49.9 Å². The predicted molar refractivity (Wildman–Crippen MR) is 192 cm³/mol. The molecule has 0 spiro atoms. The number of alkyl carbamates (subject to hydrolysis) is 1. The first-order valence-corrected chi connectivity index (χ1v) is 18.1. The zero-order chi connectivity index (χ0) is 36.5. The Hall–Kier alpha value is -4.45. The Morgan fingerprint density at radius 3 is 2.41 bits per heavy atom. The largest absolute Gasteiger partial charge is 0.461 e. The minimum absolute atomic E-state index is 0.0746. The van der Waals surface area contributed by atoms with Gasteiger partial charge in [-0.05, 0) is 95.5 Å². The third-order valence-electron chi connectivity index (χ3n) is 9.71.